The fraction of sp³-hybridized carbons (Fsp3) is 0.250. The molecular formula is C20H20N4O3S. The van der Waals surface area contributed by atoms with E-state index < -0.39 is 5.25 Å². The molecule has 0 unspecified atom stereocenters. The van der Waals surface area contributed by atoms with Crippen LogP contribution >= 0.6 is 11.8 Å². The van der Waals surface area contributed by atoms with E-state index >= 15 is 0 Å². The summed E-state index contributed by atoms with van der Waals surface area (Å²) >= 11 is 1.15. The van der Waals surface area contributed by atoms with E-state index in [2.05, 4.69) is 20.3 Å². The van der Waals surface area contributed by atoms with Crippen LogP contribution in [0.1, 0.15) is 35.5 Å². The van der Waals surface area contributed by atoms with Crippen molar-refractivity contribution in [2.75, 3.05) is 5.32 Å². The van der Waals surface area contributed by atoms with Crippen LogP contribution in [0, 0.1) is 13.8 Å². The van der Waals surface area contributed by atoms with Crippen LogP contribution in [0.4, 0.5) is 5.69 Å². The van der Waals surface area contributed by atoms with Gasteiger partial charge in [-0.25, -0.2) is 9.97 Å². The summed E-state index contributed by atoms with van der Waals surface area (Å²) in [5, 5.41) is 3.08. The van der Waals surface area contributed by atoms with Gasteiger partial charge in [0, 0.05) is 16.9 Å². The third-order valence-electron chi connectivity index (χ3n) is 4.20. The van der Waals surface area contributed by atoms with Crippen molar-refractivity contribution in [3.63, 3.8) is 0 Å². The van der Waals surface area contributed by atoms with E-state index in [0.29, 0.717) is 27.4 Å². The van der Waals surface area contributed by atoms with Crippen LogP contribution in [0.25, 0.3) is 11.0 Å². The monoisotopic (exact) mass is 396 g/mol. The normalized spacial score (nSPS) is 12.0. The SMILES string of the molecule is CC(=O)c1ccc(NC(=O)[C@@H](C)Sc2nc3nc(C)cc(C)c3c(=O)[nH]2)cc1. The minimum absolute atomic E-state index is 0.0350. The van der Waals surface area contributed by atoms with E-state index in [1.165, 1.54) is 6.92 Å². The van der Waals surface area contributed by atoms with Crippen molar-refractivity contribution in [2.45, 2.75) is 38.1 Å². The Morgan fingerprint density at radius 2 is 1.82 bits per heavy atom. The molecular weight excluding hydrogens is 376 g/mol. The lowest BCUT2D eigenvalue weighted by Crippen LogP contribution is -2.23. The molecule has 0 fully saturated rings. The summed E-state index contributed by atoms with van der Waals surface area (Å²) in [5.74, 6) is -0.274. The molecule has 1 amide bonds. The Hall–Kier alpha value is -3.00. The van der Waals surface area contributed by atoms with Gasteiger partial charge in [0.05, 0.1) is 10.6 Å². The summed E-state index contributed by atoms with van der Waals surface area (Å²) in [4.78, 5) is 47.6. The molecule has 3 aromatic rings. The number of benzene rings is 1. The number of rotatable bonds is 5. The van der Waals surface area contributed by atoms with Crippen molar-refractivity contribution < 1.29 is 9.59 Å². The number of amides is 1. The van der Waals surface area contributed by atoms with Gasteiger partial charge in [-0.2, -0.15) is 0 Å². The van der Waals surface area contributed by atoms with E-state index in [1.54, 1.807) is 31.2 Å². The van der Waals surface area contributed by atoms with Crippen LogP contribution in [0.5, 0.6) is 0 Å². The standard InChI is InChI=1S/C20H20N4O3S/c1-10-9-11(2)21-17-16(10)19(27)24-20(23-17)28-13(4)18(26)22-15-7-5-14(6-8-15)12(3)25/h5-9,13H,1-4H3,(H,22,26)(H,21,23,24,27)/t13-/m1/s1. The van der Waals surface area contributed by atoms with Crippen molar-refractivity contribution in [1.82, 2.24) is 15.0 Å². The highest BCUT2D eigenvalue weighted by atomic mass is 32.2. The van der Waals surface area contributed by atoms with E-state index in [0.717, 1.165) is 23.0 Å². The first-order valence-corrected chi connectivity index (χ1v) is 9.59. The second-order valence-corrected chi connectivity index (χ2v) is 7.86. The van der Waals surface area contributed by atoms with Crippen molar-refractivity contribution in [3.8, 4) is 0 Å². The number of hydrogen-bond acceptors (Lipinski definition) is 6. The topological polar surface area (TPSA) is 105 Å². The van der Waals surface area contributed by atoms with Gasteiger partial charge in [-0.15, -0.1) is 0 Å². The molecule has 0 saturated carbocycles. The fourth-order valence-corrected chi connectivity index (χ4v) is 3.56. The van der Waals surface area contributed by atoms with Crippen molar-refractivity contribution in [3.05, 3.63) is 57.5 Å². The number of nitrogens with one attached hydrogen (secondary N) is 2. The predicted molar refractivity (Wildman–Crippen MR) is 110 cm³/mol. The highest BCUT2D eigenvalue weighted by Gasteiger charge is 2.18. The van der Waals surface area contributed by atoms with Gasteiger partial charge >= 0.3 is 0 Å². The molecule has 8 heteroatoms. The van der Waals surface area contributed by atoms with Gasteiger partial charge in [0.2, 0.25) is 5.91 Å². The molecule has 0 bridgehead atoms. The van der Waals surface area contributed by atoms with Crippen LogP contribution in [0.3, 0.4) is 0 Å². The first-order valence-electron chi connectivity index (χ1n) is 8.71. The summed E-state index contributed by atoms with van der Waals surface area (Å²) in [6, 6.07) is 8.51. The first kappa shape index (κ1) is 19.8. The quantitative estimate of drug-likeness (QED) is 0.390. The Balaban J connectivity index is 1.76. The van der Waals surface area contributed by atoms with Gasteiger partial charge in [0.25, 0.3) is 5.56 Å². The van der Waals surface area contributed by atoms with Crippen LogP contribution in [-0.2, 0) is 4.79 Å². The molecule has 0 aliphatic carbocycles. The van der Waals surface area contributed by atoms with Crippen molar-refractivity contribution in [2.24, 2.45) is 0 Å². The van der Waals surface area contributed by atoms with Gasteiger partial charge in [0.1, 0.15) is 0 Å². The number of carbonyl (C=O) groups excluding carboxylic acids is 2. The van der Waals surface area contributed by atoms with E-state index in [-0.39, 0.29) is 17.2 Å². The van der Waals surface area contributed by atoms with Crippen LogP contribution in [0.15, 0.2) is 40.3 Å². The highest BCUT2D eigenvalue weighted by molar-refractivity contribution is 8.00. The van der Waals surface area contributed by atoms with Crippen LogP contribution < -0.4 is 10.9 Å². The second-order valence-electron chi connectivity index (χ2n) is 6.53. The lowest BCUT2D eigenvalue weighted by Gasteiger charge is -2.12. The fourth-order valence-electron chi connectivity index (χ4n) is 2.77. The molecule has 0 aliphatic heterocycles. The lowest BCUT2D eigenvalue weighted by atomic mass is 10.1. The molecule has 3 rings (SSSR count). The van der Waals surface area contributed by atoms with E-state index in [9.17, 15) is 14.4 Å². The highest BCUT2D eigenvalue weighted by Crippen LogP contribution is 2.22. The van der Waals surface area contributed by atoms with E-state index in [1.807, 2.05) is 19.9 Å². The number of H-pyrrole nitrogens is 1. The molecule has 0 spiro atoms. The third kappa shape index (κ3) is 4.28. The Labute approximate surface area is 166 Å². The summed E-state index contributed by atoms with van der Waals surface area (Å²) in [6.45, 7) is 6.90. The molecule has 0 saturated heterocycles. The summed E-state index contributed by atoms with van der Waals surface area (Å²) in [6.07, 6.45) is 0. The minimum Gasteiger partial charge on any atom is -0.325 e. The number of thioether (sulfide) groups is 1. The summed E-state index contributed by atoms with van der Waals surface area (Å²) in [7, 11) is 0. The van der Waals surface area contributed by atoms with Gasteiger partial charge in [-0.05, 0) is 63.6 Å². The largest absolute Gasteiger partial charge is 0.325 e. The van der Waals surface area contributed by atoms with Gasteiger partial charge in [-0.1, -0.05) is 11.8 Å². The smallest absolute Gasteiger partial charge is 0.261 e. The van der Waals surface area contributed by atoms with Crippen LogP contribution in [0.2, 0.25) is 0 Å². The summed E-state index contributed by atoms with van der Waals surface area (Å²) < 4.78 is 0. The number of nitrogens with zero attached hydrogens (tertiary/aromatic N) is 2. The number of carbonyl (C=O) groups is 2. The minimum atomic E-state index is -0.501. The zero-order chi connectivity index (χ0) is 20.4. The number of Topliss-reactive ketones (excluding diaryl/α,β-unsaturated/α-hetero) is 1. The number of fused-ring (bicyclic) bond motifs is 1. The molecule has 1 aromatic carbocycles. The Morgan fingerprint density at radius 3 is 2.46 bits per heavy atom. The van der Waals surface area contributed by atoms with Gasteiger partial charge in [-0.3, -0.25) is 14.4 Å². The molecule has 0 aliphatic rings. The van der Waals surface area contributed by atoms with Crippen molar-refractivity contribution in [1.29, 1.82) is 0 Å². The molecule has 144 valence electrons. The zero-order valence-electron chi connectivity index (χ0n) is 16.0. The Kier molecular flexibility index (Phi) is 5.60. The third-order valence-corrected chi connectivity index (χ3v) is 5.18. The van der Waals surface area contributed by atoms with Crippen molar-refractivity contribution >= 4 is 40.2 Å². The zero-order valence-corrected chi connectivity index (χ0v) is 16.8. The molecule has 2 heterocycles. The average molecular weight is 396 g/mol. The van der Waals surface area contributed by atoms with Gasteiger partial charge < -0.3 is 10.3 Å². The lowest BCUT2D eigenvalue weighted by molar-refractivity contribution is -0.115. The molecule has 0 radical (unpaired) electrons. The first-order chi connectivity index (χ1) is 13.2. The number of hydrogen-bond donors (Lipinski definition) is 2. The maximum absolute atomic E-state index is 12.5. The number of pyridine rings is 1. The number of ketones is 1. The maximum atomic E-state index is 12.5. The maximum Gasteiger partial charge on any atom is 0.261 e. The molecule has 2 aromatic heterocycles. The van der Waals surface area contributed by atoms with Crippen LogP contribution in [-0.4, -0.2) is 31.9 Å². The number of aromatic amines is 1. The Bertz CT molecular complexity index is 1120. The molecule has 28 heavy (non-hydrogen) atoms. The average Bonchev–Trinajstić information content (AvgIpc) is 2.61. The number of aryl methyl sites for hydroxylation is 2. The number of anilines is 1. The molecule has 7 nitrogen and oxygen atoms in total. The predicted octanol–water partition coefficient (Wildman–Crippen LogP) is 3.26. The number of aromatic nitrogens is 3. The molecule has 2 N–H and O–H groups in total. The summed E-state index contributed by atoms with van der Waals surface area (Å²) in [5.41, 5.74) is 2.86. The Morgan fingerprint density at radius 1 is 1.14 bits per heavy atom. The second kappa shape index (κ2) is 7.93. The van der Waals surface area contributed by atoms with E-state index in [4.69, 9.17) is 0 Å². The molecule has 1 atom stereocenters. The van der Waals surface area contributed by atoms with Gasteiger partial charge in [0.15, 0.2) is 16.6 Å².